The number of carbonyl (C=O) groups is 1. The van der Waals surface area contributed by atoms with Crippen molar-refractivity contribution in [3.63, 3.8) is 0 Å². The van der Waals surface area contributed by atoms with Gasteiger partial charge >= 0.3 is 0 Å². The summed E-state index contributed by atoms with van der Waals surface area (Å²) in [5.74, 6) is 0.0525. The lowest BCUT2D eigenvalue weighted by atomic mass is 10.2. The number of carbonyl (C=O) groups excluding carboxylic acids is 1. The molecule has 0 aliphatic rings. The average molecular weight is 220 g/mol. The zero-order valence-corrected chi connectivity index (χ0v) is 10.3. The normalized spacial score (nSPS) is 9.94. The van der Waals surface area contributed by atoms with E-state index in [4.69, 9.17) is 0 Å². The Bertz CT molecular complexity index is 346. The Morgan fingerprint density at radius 3 is 2.50 bits per heavy atom. The van der Waals surface area contributed by atoms with E-state index in [0.29, 0.717) is 6.42 Å². The van der Waals surface area contributed by atoms with Crippen molar-refractivity contribution >= 4 is 17.3 Å². The van der Waals surface area contributed by atoms with Crippen LogP contribution in [-0.4, -0.2) is 19.0 Å². The van der Waals surface area contributed by atoms with Crippen LogP contribution in [0.2, 0.25) is 0 Å². The number of nitrogens with zero attached hydrogens (tertiary/aromatic N) is 1. The van der Waals surface area contributed by atoms with Crippen molar-refractivity contribution in [3.05, 3.63) is 24.3 Å². The molecule has 0 heterocycles. The van der Waals surface area contributed by atoms with E-state index >= 15 is 0 Å². The predicted molar refractivity (Wildman–Crippen MR) is 68.9 cm³/mol. The highest BCUT2D eigenvalue weighted by molar-refractivity contribution is 5.90. The second-order valence-electron chi connectivity index (χ2n) is 3.62. The Hall–Kier alpha value is -1.51. The lowest BCUT2D eigenvalue weighted by molar-refractivity contribution is -0.115. The van der Waals surface area contributed by atoms with Gasteiger partial charge in [0.1, 0.15) is 0 Å². The van der Waals surface area contributed by atoms with Crippen molar-refractivity contribution in [1.82, 2.24) is 0 Å². The lowest BCUT2D eigenvalue weighted by Crippen LogP contribution is -2.21. The number of hydrogen-bond acceptors (Lipinski definition) is 2. The third-order valence-electron chi connectivity index (χ3n) is 2.58. The van der Waals surface area contributed by atoms with Crippen molar-refractivity contribution < 1.29 is 4.79 Å². The maximum Gasteiger partial charge on any atom is 0.224 e. The summed E-state index contributed by atoms with van der Waals surface area (Å²) in [5, 5.41) is 2.87. The summed E-state index contributed by atoms with van der Waals surface area (Å²) in [6.45, 7) is 8.05. The molecule has 1 amide bonds. The summed E-state index contributed by atoms with van der Waals surface area (Å²) < 4.78 is 0. The molecule has 0 saturated carbocycles. The fourth-order valence-corrected chi connectivity index (χ4v) is 1.62. The van der Waals surface area contributed by atoms with Crippen LogP contribution < -0.4 is 10.2 Å². The minimum atomic E-state index is 0.0525. The Morgan fingerprint density at radius 2 is 1.94 bits per heavy atom. The molecule has 0 fully saturated rings. The molecule has 0 atom stereocenters. The quantitative estimate of drug-likeness (QED) is 0.827. The number of benzene rings is 1. The Balaban J connectivity index is 2.81. The molecule has 1 aromatic carbocycles. The first kappa shape index (κ1) is 12.6. The number of amides is 1. The fraction of sp³-hybridized carbons (Fsp3) is 0.462. The first-order chi connectivity index (χ1) is 7.71. The molecule has 0 bridgehead atoms. The van der Waals surface area contributed by atoms with E-state index in [1.54, 1.807) is 0 Å². The maximum atomic E-state index is 11.3. The third-order valence-corrected chi connectivity index (χ3v) is 2.58. The third kappa shape index (κ3) is 3.26. The first-order valence-corrected chi connectivity index (χ1v) is 5.86. The summed E-state index contributed by atoms with van der Waals surface area (Å²) >= 11 is 0. The van der Waals surface area contributed by atoms with E-state index in [0.717, 1.165) is 24.5 Å². The minimum absolute atomic E-state index is 0.0525. The summed E-state index contributed by atoms with van der Waals surface area (Å²) in [6.07, 6.45) is 0.509. The molecule has 0 aliphatic carbocycles. The molecule has 0 spiro atoms. The van der Waals surface area contributed by atoms with Crippen LogP contribution in [0.3, 0.4) is 0 Å². The number of anilines is 2. The zero-order valence-electron chi connectivity index (χ0n) is 10.3. The summed E-state index contributed by atoms with van der Waals surface area (Å²) in [5.41, 5.74) is 2.02. The SMILES string of the molecule is CCC(=O)Nc1cccc(N(CC)CC)c1. The minimum Gasteiger partial charge on any atom is -0.372 e. The molecular formula is C13H20N2O. The van der Waals surface area contributed by atoms with E-state index in [1.807, 2.05) is 25.1 Å². The number of hydrogen-bond donors (Lipinski definition) is 1. The van der Waals surface area contributed by atoms with Gasteiger partial charge in [0.25, 0.3) is 0 Å². The van der Waals surface area contributed by atoms with E-state index in [-0.39, 0.29) is 5.91 Å². The number of nitrogens with one attached hydrogen (secondary N) is 1. The molecule has 88 valence electrons. The van der Waals surface area contributed by atoms with Gasteiger partial charge in [0.2, 0.25) is 5.91 Å². The van der Waals surface area contributed by atoms with Crippen LogP contribution in [0.15, 0.2) is 24.3 Å². The van der Waals surface area contributed by atoms with Gasteiger partial charge in [0.05, 0.1) is 0 Å². The fourth-order valence-electron chi connectivity index (χ4n) is 1.62. The second kappa shape index (κ2) is 6.16. The van der Waals surface area contributed by atoms with E-state index < -0.39 is 0 Å². The topological polar surface area (TPSA) is 32.3 Å². The number of rotatable bonds is 5. The molecule has 3 heteroatoms. The largest absolute Gasteiger partial charge is 0.372 e. The van der Waals surface area contributed by atoms with E-state index in [1.165, 1.54) is 0 Å². The van der Waals surface area contributed by atoms with Gasteiger partial charge in [-0.2, -0.15) is 0 Å². The molecule has 1 N–H and O–H groups in total. The highest BCUT2D eigenvalue weighted by Gasteiger charge is 2.03. The summed E-state index contributed by atoms with van der Waals surface area (Å²) in [7, 11) is 0. The van der Waals surface area contributed by atoms with Gasteiger partial charge in [-0.25, -0.2) is 0 Å². The van der Waals surface area contributed by atoms with Crippen LogP contribution >= 0.6 is 0 Å². The Labute approximate surface area is 97.5 Å². The molecule has 0 aromatic heterocycles. The standard InChI is InChI=1S/C13H20N2O/c1-4-13(16)14-11-8-7-9-12(10-11)15(5-2)6-3/h7-10H,4-6H2,1-3H3,(H,14,16). The van der Waals surface area contributed by atoms with Gasteiger partial charge in [-0.3, -0.25) is 4.79 Å². The van der Waals surface area contributed by atoms with Crippen LogP contribution in [0.5, 0.6) is 0 Å². The van der Waals surface area contributed by atoms with Crippen molar-refractivity contribution in [2.24, 2.45) is 0 Å². The Kier molecular flexibility index (Phi) is 4.83. The highest BCUT2D eigenvalue weighted by Crippen LogP contribution is 2.19. The van der Waals surface area contributed by atoms with Crippen LogP contribution in [0.1, 0.15) is 27.2 Å². The first-order valence-electron chi connectivity index (χ1n) is 5.86. The highest BCUT2D eigenvalue weighted by atomic mass is 16.1. The van der Waals surface area contributed by atoms with Gasteiger partial charge in [0.15, 0.2) is 0 Å². The van der Waals surface area contributed by atoms with Crippen LogP contribution in [0, 0.1) is 0 Å². The molecule has 3 nitrogen and oxygen atoms in total. The predicted octanol–water partition coefficient (Wildman–Crippen LogP) is 2.88. The van der Waals surface area contributed by atoms with Crippen molar-refractivity contribution in [2.45, 2.75) is 27.2 Å². The molecule has 16 heavy (non-hydrogen) atoms. The maximum absolute atomic E-state index is 11.3. The van der Waals surface area contributed by atoms with Crippen molar-refractivity contribution in [1.29, 1.82) is 0 Å². The molecule has 0 unspecified atom stereocenters. The molecule has 0 saturated heterocycles. The molecular weight excluding hydrogens is 200 g/mol. The monoisotopic (exact) mass is 220 g/mol. The molecule has 0 aliphatic heterocycles. The van der Waals surface area contributed by atoms with Gasteiger partial charge in [-0.1, -0.05) is 13.0 Å². The molecule has 1 rings (SSSR count). The Morgan fingerprint density at radius 1 is 1.25 bits per heavy atom. The summed E-state index contributed by atoms with van der Waals surface area (Å²) in [6, 6.07) is 7.97. The summed E-state index contributed by atoms with van der Waals surface area (Å²) in [4.78, 5) is 13.5. The van der Waals surface area contributed by atoms with Gasteiger partial charge in [-0.15, -0.1) is 0 Å². The van der Waals surface area contributed by atoms with E-state index in [2.05, 4.69) is 30.1 Å². The van der Waals surface area contributed by atoms with Crippen LogP contribution in [0.4, 0.5) is 11.4 Å². The molecule has 0 radical (unpaired) electrons. The van der Waals surface area contributed by atoms with Gasteiger partial charge in [-0.05, 0) is 32.0 Å². The van der Waals surface area contributed by atoms with Crippen molar-refractivity contribution in [2.75, 3.05) is 23.3 Å². The van der Waals surface area contributed by atoms with Gasteiger partial charge < -0.3 is 10.2 Å². The van der Waals surface area contributed by atoms with Crippen LogP contribution in [0.25, 0.3) is 0 Å². The van der Waals surface area contributed by atoms with Crippen molar-refractivity contribution in [3.8, 4) is 0 Å². The molecule has 1 aromatic rings. The second-order valence-corrected chi connectivity index (χ2v) is 3.62. The smallest absolute Gasteiger partial charge is 0.224 e. The van der Waals surface area contributed by atoms with Crippen LogP contribution in [-0.2, 0) is 4.79 Å². The zero-order chi connectivity index (χ0) is 12.0. The average Bonchev–Trinajstić information content (AvgIpc) is 2.31. The van der Waals surface area contributed by atoms with Gasteiger partial charge in [0, 0.05) is 30.9 Å². The van der Waals surface area contributed by atoms with E-state index in [9.17, 15) is 4.79 Å². The lowest BCUT2D eigenvalue weighted by Gasteiger charge is -2.21.